The monoisotopic (exact) mass is 554 g/mol. The normalized spacial score (nSPS) is 11.8. The van der Waals surface area contributed by atoms with Gasteiger partial charge in [-0.05, 0) is 38.5 Å². The van der Waals surface area contributed by atoms with Crippen molar-refractivity contribution < 1.29 is 34.2 Å². The number of rotatable bonds is 30. The zero-order chi connectivity index (χ0) is 29.0. The number of carbonyl (C=O) groups is 3. The second kappa shape index (κ2) is 26.3. The summed E-state index contributed by atoms with van der Waals surface area (Å²) in [4.78, 5) is 33.4. The minimum absolute atomic E-state index is 0.0801. The Balaban J connectivity index is 3.91. The van der Waals surface area contributed by atoms with E-state index in [4.69, 9.17) is 15.3 Å². The molecule has 0 atom stereocenters. The average Bonchev–Trinajstić information content (AvgIpc) is 2.90. The fourth-order valence-corrected chi connectivity index (χ4v) is 5.25. The molecule has 0 aliphatic rings. The van der Waals surface area contributed by atoms with E-state index in [0.717, 1.165) is 38.5 Å². The molecule has 0 amide bonds. The summed E-state index contributed by atoms with van der Waals surface area (Å²) in [5, 5.41) is 27.4. The molecule has 0 aromatic heterocycles. The molecule has 0 radical (unpaired) electrons. The Morgan fingerprint density at radius 1 is 0.462 bits per heavy atom. The molecule has 0 unspecified atom stereocenters. The highest BCUT2D eigenvalue weighted by atomic mass is 16.4. The Morgan fingerprint density at radius 2 is 0.769 bits per heavy atom. The first-order valence-electron chi connectivity index (χ1n) is 16.0. The van der Waals surface area contributed by atoms with E-state index in [2.05, 4.69) is 19.1 Å². The quantitative estimate of drug-likeness (QED) is 0.0468. The van der Waals surface area contributed by atoms with Crippen molar-refractivity contribution >= 4 is 17.9 Å². The van der Waals surface area contributed by atoms with Crippen molar-refractivity contribution in [2.24, 2.45) is 0 Å². The predicted octanol–water partition coefficient (Wildman–Crippen LogP) is 8.22. The molecule has 7 nitrogen and oxygen atoms in total. The molecule has 0 heterocycles. The Morgan fingerprint density at radius 3 is 1.10 bits per heavy atom. The molecule has 39 heavy (non-hydrogen) atoms. The molecule has 0 aromatic rings. The zero-order valence-corrected chi connectivity index (χ0v) is 25.1. The van der Waals surface area contributed by atoms with E-state index in [0.29, 0.717) is 6.54 Å². The molecule has 0 spiro atoms. The minimum Gasteiger partial charge on any atom is -0.481 e. The van der Waals surface area contributed by atoms with E-state index in [1.54, 1.807) is 0 Å². The van der Waals surface area contributed by atoms with Gasteiger partial charge in [-0.3, -0.25) is 14.4 Å². The van der Waals surface area contributed by atoms with Gasteiger partial charge in [0.2, 0.25) is 0 Å². The Labute approximate surface area is 238 Å². The maximum absolute atomic E-state index is 11.1. The summed E-state index contributed by atoms with van der Waals surface area (Å²) in [6.07, 6.45) is 28.5. The summed E-state index contributed by atoms with van der Waals surface area (Å²) in [5.74, 6) is -2.81. The predicted molar refractivity (Wildman–Crippen MR) is 159 cm³/mol. The summed E-state index contributed by atoms with van der Waals surface area (Å²) < 4.78 is 0.254. The Hall–Kier alpha value is -1.89. The molecule has 0 rings (SSSR count). The van der Waals surface area contributed by atoms with Crippen molar-refractivity contribution in [3.8, 4) is 0 Å². The van der Waals surface area contributed by atoms with Crippen molar-refractivity contribution in [3.05, 3.63) is 12.2 Å². The van der Waals surface area contributed by atoms with Crippen LogP contribution in [-0.4, -0.2) is 63.9 Å². The summed E-state index contributed by atoms with van der Waals surface area (Å²) in [6, 6.07) is 0. The zero-order valence-electron chi connectivity index (χ0n) is 25.1. The third kappa shape index (κ3) is 26.1. The SMILES string of the molecule is CCCCCCCCCCCCCCC/C=C/CCCCCC[N+](CCC(=O)O)(CCC(=O)O)CCC(=O)O. The molecule has 0 aliphatic carbocycles. The van der Waals surface area contributed by atoms with Crippen LogP contribution < -0.4 is 0 Å². The van der Waals surface area contributed by atoms with Crippen LogP contribution in [0.15, 0.2) is 12.2 Å². The lowest BCUT2D eigenvalue weighted by Gasteiger charge is -2.38. The third-order valence-corrected chi connectivity index (χ3v) is 7.79. The van der Waals surface area contributed by atoms with Crippen molar-refractivity contribution in [2.75, 3.05) is 26.2 Å². The van der Waals surface area contributed by atoms with Crippen LogP contribution in [0.3, 0.4) is 0 Å². The Kier molecular flexibility index (Phi) is 25.1. The average molecular weight is 555 g/mol. The fraction of sp³-hybridized carbons (Fsp3) is 0.844. The molecule has 0 saturated carbocycles. The van der Waals surface area contributed by atoms with E-state index in [1.807, 2.05) is 0 Å². The molecular weight excluding hydrogens is 494 g/mol. The molecule has 7 heteroatoms. The van der Waals surface area contributed by atoms with Gasteiger partial charge in [0.25, 0.3) is 0 Å². The fourth-order valence-electron chi connectivity index (χ4n) is 5.25. The minimum atomic E-state index is -0.936. The van der Waals surface area contributed by atoms with Gasteiger partial charge in [-0.1, -0.05) is 103 Å². The molecule has 0 aromatic carbocycles. The molecular formula is C32H60NO6+. The summed E-state index contributed by atoms with van der Waals surface area (Å²) >= 11 is 0. The van der Waals surface area contributed by atoms with Crippen LogP contribution in [0.4, 0.5) is 0 Å². The Bertz CT molecular complexity index is 603. The highest BCUT2D eigenvalue weighted by Crippen LogP contribution is 2.17. The van der Waals surface area contributed by atoms with Gasteiger partial charge in [-0.25, -0.2) is 0 Å². The van der Waals surface area contributed by atoms with Crippen LogP contribution in [0.2, 0.25) is 0 Å². The number of unbranched alkanes of at least 4 members (excludes halogenated alkanes) is 17. The number of allylic oxidation sites excluding steroid dienone is 2. The van der Waals surface area contributed by atoms with Crippen LogP contribution in [0, 0.1) is 0 Å². The van der Waals surface area contributed by atoms with Gasteiger partial charge in [-0.2, -0.15) is 0 Å². The second-order valence-corrected chi connectivity index (χ2v) is 11.4. The van der Waals surface area contributed by atoms with E-state index >= 15 is 0 Å². The molecule has 0 bridgehead atoms. The van der Waals surface area contributed by atoms with Crippen molar-refractivity contribution in [1.29, 1.82) is 0 Å². The molecule has 228 valence electrons. The number of hydrogen-bond donors (Lipinski definition) is 3. The number of carboxylic acid groups (broad SMARTS) is 3. The van der Waals surface area contributed by atoms with E-state index in [1.165, 1.54) is 83.5 Å². The number of hydrogen-bond acceptors (Lipinski definition) is 3. The molecule has 3 N–H and O–H groups in total. The van der Waals surface area contributed by atoms with E-state index in [9.17, 15) is 14.4 Å². The summed E-state index contributed by atoms with van der Waals surface area (Å²) in [5.41, 5.74) is 0. The van der Waals surface area contributed by atoms with E-state index in [-0.39, 0.29) is 43.4 Å². The van der Waals surface area contributed by atoms with Gasteiger partial charge < -0.3 is 19.8 Å². The topological polar surface area (TPSA) is 112 Å². The van der Waals surface area contributed by atoms with Gasteiger partial charge in [0.05, 0.1) is 45.4 Å². The van der Waals surface area contributed by atoms with Crippen molar-refractivity contribution in [1.82, 2.24) is 0 Å². The first-order chi connectivity index (χ1) is 18.8. The molecule has 0 aliphatic heterocycles. The van der Waals surface area contributed by atoms with Gasteiger partial charge in [0.1, 0.15) is 0 Å². The second-order valence-electron chi connectivity index (χ2n) is 11.4. The highest BCUT2D eigenvalue weighted by molar-refractivity contribution is 5.67. The first kappa shape index (κ1) is 37.1. The third-order valence-electron chi connectivity index (χ3n) is 7.79. The van der Waals surface area contributed by atoms with Crippen LogP contribution in [0.5, 0.6) is 0 Å². The molecule has 0 fully saturated rings. The van der Waals surface area contributed by atoms with Crippen molar-refractivity contribution in [2.45, 2.75) is 148 Å². The van der Waals surface area contributed by atoms with E-state index < -0.39 is 17.9 Å². The van der Waals surface area contributed by atoms with Gasteiger partial charge in [0.15, 0.2) is 0 Å². The summed E-state index contributed by atoms with van der Waals surface area (Å²) in [7, 11) is 0. The highest BCUT2D eigenvalue weighted by Gasteiger charge is 2.29. The van der Waals surface area contributed by atoms with Crippen LogP contribution in [0.1, 0.15) is 148 Å². The van der Waals surface area contributed by atoms with Crippen molar-refractivity contribution in [3.63, 3.8) is 0 Å². The largest absolute Gasteiger partial charge is 0.481 e. The van der Waals surface area contributed by atoms with Gasteiger partial charge in [0, 0.05) is 0 Å². The maximum atomic E-state index is 11.1. The summed E-state index contributed by atoms with van der Waals surface area (Å²) in [6.45, 7) is 3.72. The lowest BCUT2D eigenvalue weighted by molar-refractivity contribution is -0.927. The maximum Gasteiger partial charge on any atom is 0.309 e. The number of quaternary nitrogens is 1. The van der Waals surface area contributed by atoms with Gasteiger partial charge in [-0.15, -0.1) is 0 Å². The van der Waals surface area contributed by atoms with Crippen LogP contribution >= 0.6 is 0 Å². The number of nitrogens with zero attached hydrogens (tertiary/aromatic N) is 1. The lowest BCUT2D eigenvalue weighted by Crippen LogP contribution is -2.52. The smallest absolute Gasteiger partial charge is 0.309 e. The molecule has 0 saturated heterocycles. The van der Waals surface area contributed by atoms with Crippen LogP contribution in [0.25, 0.3) is 0 Å². The lowest BCUT2D eigenvalue weighted by atomic mass is 10.0. The standard InChI is InChI=1S/C32H59NO6/c1-2-3-4-5-6-7-8-9-10-11-12-13-14-15-16-17-18-19-20-21-22-26-33(27-23-30(34)35,28-24-31(36)37)29-25-32(38)39/h16-17H,2-15,18-29H2,1H3,(H2-,34,35,36,37,38,39)/p+1/b17-16+. The number of aliphatic carboxylic acids is 3. The first-order valence-corrected chi connectivity index (χ1v) is 16.0. The van der Waals surface area contributed by atoms with Gasteiger partial charge >= 0.3 is 17.9 Å². The number of carboxylic acids is 3. The van der Waals surface area contributed by atoms with Crippen LogP contribution in [-0.2, 0) is 14.4 Å².